The molecule has 0 amide bonds. The van der Waals surface area contributed by atoms with Crippen molar-refractivity contribution in [3.05, 3.63) is 0 Å². The van der Waals surface area contributed by atoms with E-state index in [9.17, 15) is 8.42 Å². The summed E-state index contributed by atoms with van der Waals surface area (Å²) in [6.07, 6.45) is 3.47. The molecule has 2 heterocycles. The van der Waals surface area contributed by atoms with Gasteiger partial charge in [-0.05, 0) is 18.3 Å². The van der Waals surface area contributed by atoms with E-state index in [1.165, 1.54) is 6.26 Å². The van der Waals surface area contributed by atoms with Crippen LogP contribution in [0, 0.1) is 5.41 Å². The minimum absolute atomic E-state index is 0.123. The maximum Gasteiger partial charge on any atom is 0.148 e. The Morgan fingerprint density at radius 3 is 2.55 bits per heavy atom. The van der Waals surface area contributed by atoms with Crippen LogP contribution in [-0.4, -0.2) is 33.0 Å². The van der Waals surface area contributed by atoms with Crippen LogP contribution in [0.15, 0.2) is 0 Å². The molecule has 0 aromatic rings. The molecule has 0 unspecified atom stereocenters. The number of sulfone groups is 1. The van der Waals surface area contributed by atoms with Crippen molar-refractivity contribution in [1.29, 1.82) is 0 Å². The van der Waals surface area contributed by atoms with Gasteiger partial charge in [-0.1, -0.05) is 0 Å². The fourth-order valence-corrected chi connectivity index (χ4v) is 3.81. The van der Waals surface area contributed by atoms with Crippen molar-refractivity contribution in [1.82, 2.24) is 5.32 Å². The van der Waals surface area contributed by atoms with E-state index in [1.54, 1.807) is 0 Å². The van der Waals surface area contributed by atoms with Crippen molar-refractivity contribution in [2.45, 2.75) is 18.9 Å². The van der Waals surface area contributed by atoms with Crippen molar-refractivity contribution in [2.24, 2.45) is 5.41 Å². The number of hydrogen-bond donors (Lipinski definition) is 1. The van der Waals surface area contributed by atoms with Crippen LogP contribution in [0.2, 0.25) is 0 Å². The molecular weight excluding hydrogens is 162 g/mol. The largest absolute Gasteiger partial charge is 0.313 e. The highest BCUT2D eigenvalue weighted by Gasteiger charge is 2.51. The second kappa shape index (κ2) is 1.98. The summed E-state index contributed by atoms with van der Waals surface area (Å²) in [4.78, 5) is 0. The minimum Gasteiger partial charge on any atom is -0.313 e. The molecule has 4 heteroatoms. The van der Waals surface area contributed by atoms with Crippen LogP contribution >= 0.6 is 0 Å². The highest BCUT2D eigenvalue weighted by molar-refractivity contribution is 7.90. The molecule has 1 saturated carbocycles. The molecule has 3 fully saturated rings. The fourth-order valence-electron chi connectivity index (χ4n) is 2.36. The first-order valence-corrected chi connectivity index (χ1v) is 5.96. The Bertz CT molecular complexity index is 259. The van der Waals surface area contributed by atoms with Gasteiger partial charge in [-0.15, -0.1) is 0 Å². The smallest absolute Gasteiger partial charge is 0.148 e. The van der Waals surface area contributed by atoms with Gasteiger partial charge in [-0.25, -0.2) is 8.42 Å². The number of hydrogen-bond acceptors (Lipinski definition) is 3. The van der Waals surface area contributed by atoms with Crippen LogP contribution in [0.3, 0.4) is 0 Å². The summed E-state index contributed by atoms with van der Waals surface area (Å²) >= 11 is 0. The van der Waals surface area contributed by atoms with E-state index in [4.69, 9.17) is 0 Å². The third-order valence-electron chi connectivity index (χ3n) is 2.69. The summed E-state index contributed by atoms with van der Waals surface area (Å²) in [5.41, 5.74) is 0.123. The van der Waals surface area contributed by atoms with Gasteiger partial charge in [0.25, 0.3) is 0 Å². The highest BCUT2D eigenvalue weighted by atomic mass is 32.2. The average Bonchev–Trinajstić information content (AvgIpc) is 2.15. The van der Waals surface area contributed by atoms with Gasteiger partial charge < -0.3 is 5.32 Å². The van der Waals surface area contributed by atoms with Gasteiger partial charge >= 0.3 is 0 Å². The summed E-state index contributed by atoms with van der Waals surface area (Å²) < 4.78 is 22.0. The van der Waals surface area contributed by atoms with Crippen molar-refractivity contribution in [3.63, 3.8) is 0 Å². The molecule has 3 aliphatic rings. The number of rotatable bonds is 2. The van der Waals surface area contributed by atoms with E-state index in [1.807, 2.05) is 0 Å². The van der Waals surface area contributed by atoms with E-state index in [2.05, 4.69) is 5.32 Å². The molecule has 1 N–H and O–H groups in total. The van der Waals surface area contributed by atoms with E-state index >= 15 is 0 Å². The summed E-state index contributed by atoms with van der Waals surface area (Å²) in [6.45, 7) is 0.907. The van der Waals surface area contributed by atoms with Crippen molar-refractivity contribution in [3.8, 4) is 0 Å². The van der Waals surface area contributed by atoms with Gasteiger partial charge in [-0.3, -0.25) is 0 Å². The van der Waals surface area contributed by atoms with Crippen LogP contribution < -0.4 is 5.32 Å². The van der Waals surface area contributed by atoms with Gasteiger partial charge in [0.15, 0.2) is 0 Å². The highest BCUT2D eigenvalue weighted by Crippen LogP contribution is 2.46. The molecule has 0 radical (unpaired) electrons. The SMILES string of the molecule is CS(=O)(=O)CC12CNC(C1)C2. The standard InChI is InChI=1S/C7H13NO2S/c1-11(9,10)5-7-2-6(3-7)8-4-7/h6,8H,2-5H2,1H3. The van der Waals surface area contributed by atoms with E-state index in [0.29, 0.717) is 11.8 Å². The molecule has 64 valence electrons. The van der Waals surface area contributed by atoms with E-state index in [0.717, 1.165) is 19.4 Å². The van der Waals surface area contributed by atoms with Gasteiger partial charge in [0, 0.05) is 18.8 Å². The molecule has 2 aliphatic heterocycles. The molecular formula is C7H13NO2S. The summed E-state index contributed by atoms with van der Waals surface area (Å²) in [5.74, 6) is 0.378. The van der Waals surface area contributed by atoms with Gasteiger partial charge in [0.05, 0.1) is 5.75 Å². The van der Waals surface area contributed by atoms with Crippen molar-refractivity contribution in [2.75, 3.05) is 18.6 Å². The van der Waals surface area contributed by atoms with Crippen LogP contribution in [0.4, 0.5) is 0 Å². The molecule has 3 nitrogen and oxygen atoms in total. The fraction of sp³-hybridized carbons (Fsp3) is 1.00. The number of fused-ring (bicyclic) bond motifs is 1. The lowest BCUT2D eigenvalue weighted by Crippen LogP contribution is -2.39. The molecule has 0 aromatic carbocycles. The first-order valence-electron chi connectivity index (χ1n) is 3.90. The summed E-state index contributed by atoms with van der Waals surface area (Å²) in [7, 11) is -2.77. The van der Waals surface area contributed by atoms with Crippen molar-refractivity contribution >= 4 is 9.84 Å². The first kappa shape index (κ1) is 7.55. The monoisotopic (exact) mass is 175 g/mol. The zero-order chi connectivity index (χ0) is 8.11. The topological polar surface area (TPSA) is 46.2 Å². The predicted molar refractivity (Wildman–Crippen MR) is 43.2 cm³/mol. The molecule has 2 bridgehead atoms. The molecule has 3 rings (SSSR count). The lowest BCUT2D eigenvalue weighted by molar-refractivity contribution is 0.230. The lowest BCUT2D eigenvalue weighted by Gasteiger charge is -2.35. The van der Waals surface area contributed by atoms with Crippen LogP contribution in [0.25, 0.3) is 0 Å². The Labute approximate surface area is 67.1 Å². The zero-order valence-electron chi connectivity index (χ0n) is 6.63. The van der Waals surface area contributed by atoms with Gasteiger partial charge in [0.2, 0.25) is 0 Å². The second-order valence-electron chi connectivity index (χ2n) is 4.06. The van der Waals surface area contributed by atoms with Gasteiger partial charge in [0.1, 0.15) is 9.84 Å². The first-order chi connectivity index (χ1) is 4.99. The molecule has 11 heavy (non-hydrogen) atoms. The van der Waals surface area contributed by atoms with Crippen LogP contribution in [-0.2, 0) is 9.84 Å². The Hall–Kier alpha value is -0.0900. The molecule has 0 atom stereocenters. The van der Waals surface area contributed by atoms with Crippen molar-refractivity contribution < 1.29 is 8.42 Å². The minimum atomic E-state index is -2.77. The number of nitrogens with one attached hydrogen (secondary N) is 1. The van der Waals surface area contributed by atoms with Crippen LogP contribution in [0.1, 0.15) is 12.8 Å². The van der Waals surface area contributed by atoms with E-state index < -0.39 is 9.84 Å². The molecule has 0 aromatic heterocycles. The lowest BCUT2D eigenvalue weighted by atomic mass is 9.72. The summed E-state index contributed by atoms with van der Waals surface area (Å²) in [6, 6.07) is 0.622. The third-order valence-corrected chi connectivity index (χ3v) is 3.83. The zero-order valence-corrected chi connectivity index (χ0v) is 7.45. The van der Waals surface area contributed by atoms with Crippen LogP contribution in [0.5, 0.6) is 0 Å². The average molecular weight is 175 g/mol. The second-order valence-corrected chi connectivity index (χ2v) is 6.20. The third kappa shape index (κ3) is 1.29. The Morgan fingerprint density at radius 1 is 1.55 bits per heavy atom. The van der Waals surface area contributed by atoms with Gasteiger partial charge in [-0.2, -0.15) is 0 Å². The quantitative estimate of drug-likeness (QED) is 0.631. The van der Waals surface area contributed by atoms with E-state index in [-0.39, 0.29) is 5.41 Å². The molecule has 0 spiro atoms. The molecule has 1 aliphatic carbocycles. The summed E-state index contributed by atoms with van der Waals surface area (Å²) in [5, 5.41) is 3.29. The maximum absolute atomic E-state index is 11.0. The predicted octanol–water partition coefficient (Wildman–Crippen LogP) is -0.217. The Balaban J connectivity index is 2.07. The Morgan fingerprint density at radius 2 is 2.18 bits per heavy atom. The molecule has 2 saturated heterocycles. The maximum atomic E-state index is 11.0. The normalized spacial score (nSPS) is 42.1. The Kier molecular flexibility index (Phi) is 1.36.